The van der Waals surface area contributed by atoms with Crippen LogP contribution in [0.1, 0.15) is 61.4 Å². The number of ketones is 1. The molecule has 0 heterocycles. The third-order valence-electron chi connectivity index (χ3n) is 5.45. The van der Waals surface area contributed by atoms with Gasteiger partial charge in [0.05, 0.1) is 5.41 Å². The second kappa shape index (κ2) is 4.97. The van der Waals surface area contributed by atoms with Crippen molar-refractivity contribution in [2.45, 2.75) is 51.9 Å². The van der Waals surface area contributed by atoms with Gasteiger partial charge in [0.1, 0.15) is 0 Å². The topological polar surface area (TPSA) is 54.4 Å². The summed E-state index contributed by atoms with van der Waals surface area (Å²) in [5.41, 5.74) is 1.24. The van der Waals surface area contributed by atoms with E-state index in [4.69, 9.17) is 0 Å². The van der Waals surface area contributed by atoms with Crippen LogP contribution in [-0.4, -0.2) is 16.9 Å². The van der Waals surface area contributed by atoms with E-state index in [2.05, 4.69) is 0 Å². The van der Waals surface area contributed by atoms with Gasteiger partial charge in [-0.05, 0) is 44.1 Å². The van der Waals surface area contributed by atoms with E-state index in [9.17, 15) is 14.7 Å². The molecule has 3 rings (SSSR count). The number of carbonyl (C=O) groups is 2. The Labute approximate surface area is 125 Å². The van der Waals surface area contributed by atoms with Crippen molar-refractivity contribution in [3.63, 3.8) is 0 Å². The highest BCUT2D eigenvalue weighted by molar-refractivity contribution is 6.02. The predicted octanol–water partition coefficient (Wildman–Crippen LogP) is 3.86. The molecule has 2 aliphatic carbocycles. The molecule has 3 heteroatoms. The fourth-order valence-electron chi connectivity index (χ4n) is 3.59. The number of hydrogen-bond acceptors (Lipinski definition) is 2. The second-order valence-electron chi connectivity index (χ2n) is 6.99. The molecule has 0 bridgehead atoms. The molecule has 1 saturated carbocycles. The molecule has 0 aliphatic heterocycles. The van der Waals surface area contributed by atoms with E-state index < -0.39 is 11.4 Å². The van der Waals surface area contributed by atoms with Gasteiger partial charge in [-0.15, -0.1) is 0 Å². The van der Waals surface area contributed by atoms with Crippen LogP contribution < -0.4 is 0 Å². The van der Waals surface area contributed by atoms with Gasteiger partial charge in [0, 0.05) is 11.0 Å². The van der Waals surface area contributed by atoms with Gasteiger partial charge < -0.3 is 5.11 Å². The number of carboxylic acids is 1. The Balaban J connectivity index is 1.66. The number of benzene rings is 1. The first-order valence-electron chi connectivity index (χ1n) is 7.83. The van der Waals surface area contributed by atoms with E-state index in [-0.39, 0.29) is 11.2 Å². The lowest BCUT2D eigenvalue weighted by Crippen LogP contribution is -2.33. The van der Waals surface area contributed by atoms with Crippen LogP contribution in [-0.2, 0) is 11.2 Å². The zero-order valence-electron chi connectivity index (χ0n) is 12.5. The van der Waals surface area contributed by atoms with Crippen LogP contribution in [0.15, 0.2) is 24.3 Å². The maximum atomic E-state index is 12.7. The smallest absolute Gasteiger partial charge is 0.309 e. The van der Waals surface area contributed by atoms with Crippen molar-refractivity contribution < 1.29 is 14.7 Å². The van der Waals surface area contributed by atoms with E-state index in [1.165, 1.54) is 0 Å². The first-order chi connectivity index (χ1) is 9.97. The summed E-state index contributed by atoms with van der Waals surface area (Å²) in [7, 11) is 0. The minimum Gasteiger partial charge on any atom is -0.481 e. The van der Waals surface area contributed by atoms with Gasteiger partial charge in [-0.2, -0.15) is 0 Å². The predicted molar refractivity (Wildman–Crippen MR) is 80.4 cm³/mol. The summed E-state index contributed by atoms with van der Waals surface area (Å²) in [4.78, 5) is 23.9. The number of carboxylic acid groups (broad SMARTS) is 1. The summed E-state index contributed by atoms with van der Waals surface area (Å²) in [6, 6.07) is 7.87. The van der Waals surface area contributed by atoms with Gasteiger partial charge in [0.15, 0.2) is 5.78 Å². The second-order valence-corrected chi connectivity index (χ2v) is 6.99. The van der Waals surface area contributed by atoms with Crippen molar-refractivity contribution in [3.8, 4) is 0 Å². The van der Waals surface area contributed by atoms with E-state index in [1.807, 2.05) is 31.2 Å². The van der Waals surface area contributed by atoms with Crippen molar-refractivity contribution in [2.75, 3.05) is 0 Å². The summed E-state index contributed by atoms with van der Waals surface area (Å²) in [5, 5.41) is 9.22. The molecule has 1 aromatic carbocycles. The van der Waals surface area contributed by atoms with Crippen molar-refractivity contribution >= 4 is 11.8 Å². The summed E-state index contributed by atoms with van der Waals surface area (Å²) >= 11 is 0. The van der Waals surface area contributed by atoms with Gasteiger partial charge in [0.2, 0.25) is 0 Å². The molecule has 1 fully saturated rings. The average molecular weight is 286 g/mol. The number of carbonyl (C=O) groups excluding carboxylic acids is 1. The highest BCUT2D eigenvalue weighted by Crippen LogP contribution is 2.51. The normalized spacial score (nSPS) is 26.2. The third kappa shape index (κ3) is 2.50. The summed E-state index contributed by atoms with van der Waals surface area (Å²) in [6.45, 7) is 2.05. The number of Topliss-reactive ketones (excluding diaryl/α,β-unsaturated/α-hetero) is 1. The van der Waals surface area contributed by atoms with Crippen molar-refractivity contribution in [1.29, 1.82) is 0 Å². The maximum absolute atomic E-state index is 12.7. The molecule has 1 atom stereocenters. The monoisotopic (exact) mass is 286 g/mol. The van der Waals surface area contributed by atoms with Crippen LogP contribution in [0.25, 0.3) is 0 Å². The quantitative estimate of drug-likeness (QED) is 0.894. The van der Waals surface area contributed by atoms with Crippen LogP contribution in [0.2, 0.25) is 0 Å². The Morgan fingerprint density at radius 1 is 1.19 bits per heavy atom. The lowest BCUT2D eigenvalue weighted by Gasteiger charge is -2.33. The first-order valence-corrected chi connectivity index (χ1v) is 7.83. The fourth-order valence-corrected chi connectivity index (χ4v) is 3.59. The summed E-state index contributed by atoms with van der Waals surface area (Å²) in [6.07, 6.45) is 5.77. The van der Waals surface area contributed by atoms with Crippen molar-refractivity contribution in [3.05, 3.63) is 35.4 Å². The standard InChI is InChI=1S/C18H22O3/c1-17(8-4-9-18(11-12-18)16(20)21)10-7-13-5-2-3-6-14(13)15(17)19/h2-3,5-6H,4,7-12H2,1H3,(H,20,21). The largest absolute Gasteiger partial charge is 0.481 e. The Bertz CT molecular complexity index is 586. The molecule has 0 amide bonds. The number of fused-ring (bicyclic) bond motifs is 1. The molecule has 3 nitrogen and oxygen atoms in total. The van der Waals surface area contributed by atoms with E-state index in [0.717, 1.165) is 49.7 Å². The lowest BCUT2D eigenvalue weighted by molar-refractivity contribution is -0.143. The molecule has 21 heavy (non-hydrogen) atoms. The minimum atomic E-state index is -0.659. The van der Waals surface area contributed by atoms with Crippen molar-refractivity contribution in [1.82, 2.24) is 0 Å². The Hall–Kier alpha value is -1.64. The van der Waals surface area contributed by atoms with Gasteiger partial charge in [-0.25, -0.2) is 0 Å². The zero-order chi connectivity index (χ0) is 15.1. The van der Waals surface area contributed by atoms with Crippen LogP contribution >= 0.6 is 0 Å². The van der Waals surface area contributed by atoms with Crippen LogP contribution in [0, 0.1) is 10.8 Å². The maximum Gasteiger partial charge on any atom is 0.309 e. The van der Waals surface area contributed by atoms with Crippen LogP contribution in [0.4, 0.5) is 0 Å². The highest BCUT2D eigenvalue weighted by Gasteiger charge is 2.50. The third-order valence-corrected chi connectivity index (χ3v) is 5.45. The minimum absolute atomic E-state index is 0.240. The van der Waals surface area contributed by atoms with Gasteiger partial charge in [-0.3, -0.25) is 9.59 Å². The van der Waals surface area contributed by atoms with Gasteiger partial charge in [-0.1, -0.05) is 37.6 Å². The Morgan fingerprint density at radius 2 is 1.90 bits per heavy atom. The average Bonchev–Trinajstić information content (AvgIpc) is 3.25. The number of aryl methyl sites for hydroxylation is 1. The summed E-state index contributed by atoms with van der Waals surface area (Å²) < 4.78 is 0. The zero-order valence-corrected chi connectivity index (χ0v) is 12.5. The van der Waals surface area contributed by atoms with Crippen LogP contribution in [0.3, 0.4) is 0 Å². The molecule has 1 unspecified atom stereocenters. The Kier molecular flexibility index (Phi) is 3.39. The van der Waals surface area contributed by atoms with E-state index in [0.29, 0.717) is 6.42 Å². The number of rotatable bonds is 5. The summed E-state index contributed by atoms with van der Waals surface area (Å²) in [5.74, 6) is -0.419. The van der Waals surface area contributed by atoms with Gasteiger partial charge in [0.25, 0.3) is 0 Å². The van der Waals surface area contributed by atoms with E-state index in [1.54, 1.807) is 0 Å². The Morgan fingerprint density at radius 3 is 2.57 bits per heavy atom. The van der Waals surface area contributed by atoms with E-state index >= 15 is 0 Å². The molecule has 112 valence electrons. The molecular formula is C18H22O3. The SMILES string of the molecule is CC1(CCCC2(C(=O)O)CC2)CCc2ccccc2C1=O. The van der Waals surface area contributed by atoms with Crippen LogP contribution in [0.5, 0.6) is 0 Å². The number of aliphatic carboxylic acids is 1. The highest BCUT2D eigenvalue weighted by atomic mass is 16.4. The molecule has 0 saturated heterocycles. The number of hydrogen-bond donors (Lipinski definition) is 1. The van der Waals surface area contributed by atoms with Crippen molar-refractivity contribution in [2.24, 2.45) is 10.8 Å². The molecular weight excluding hydrogens is 264 g/mol. The molecule has 0 radical (unpaired) electrons. The van der Waals surface area contributed by atoms with Gasteiger partial charge >= 0.3 is 5.97 Å². The fraction of sp³-hybridized carbons (Fsp3) is 0.556. The molecule has 2 aliphatic rings. The molecule has 0 aromatic heterocycles. The first kappa shape index (κ1) is 14.3. The lowest BCUT2D eigenvalue weighted by atomic mass is 9.69. The molecule has 1 aromatic rings. The molecule has 1 N–H and O–H groups in total. The molecule has 0 spiro atoms.